The average Bonchev–Trinajstić information content (AvgIpc) is 0.748. The summed E-state index contributed by atoms with van der Waals surface area (Å²) in [7, 11) is -32.5. The molecule has 0 aromatic heterocycles. The van der Waals surface area contributed by atoms with Crippen LogP contribution in [0.3, 0.4) is 0 Å². The smallest absolute Gasteiger partial charge is 0.245 e. The number of likely N-dealkylation sites (tertiary alicyclic amines) is 1. The molecule has 149 heavy (non-hydrogen) atoms. The monoisotopic (exact) mass is 2280 g/mol. The minimum absolute atomic E-state index is 0.00842. The molecule has 0 spiro atoms. The number of ether oxygens (including phenoxy) is 22. The van der Waals surface area contributed by atoms with Gasteiger partial charge in [-0.2, -0.15) is 4.72 Å². The van der Waals surface area contributed by atoms with E-state index in [1.807, 2.05) is 0 Å². The quantitative estimate of drug-likeness (QED) is 0.0118. The molecule has 6 saturated heterocycles. The van der Waals surface area contributed by atoms with Crippen molar-refractivity contribution in [1.82, 2.24) is 25.6 Å². The molecular weight excluding hydrogens is 2170 g/mol. The number of aryl methyl sites for hydroxylation is 1. The number of hydrogen-bond acceptors (Lipinski definition) is 57. The Labute approximate surface area is 856 Å². The van der Waals surface area contributed by atoms with Gasteiger partial charge in [0.25, 0.3) is 0 Å². The summed E-state index contributed by atoms with van der Waals surface area (Å²) in [5, 5.41) is 42.6. The van der Waals surface area contributed by atoms with E-state index in [0.29, 0.717) is 53.9 Å². The number of carbonyl (C=O) groups is 6. The number of nitrogen functional groups attached to an aromatic ring is 1. The van der Waals surface area contributed by atoms with Gasteiger partial charge in [0.05, 0.1) is 96.4 Å². The molecule has 0 radical (unpaired) electrons. The lowest BCUT2D eigenvalue weighted by Crippen LogP contribution is -2.70. The Morgan fingerprint density at radius 2 is 0.839 bits per heavy atom. The van der Waals surface area contributed by atoms with Crippen LogP contribution < -0.4 is 41.4 Å². The van der Waals surface area contributed by atoms with Gasteiger partial charge in [-0.1, -0.05) is 24.3 Å². The summed E-state index contributed by atoms with van der Waals surface area (Å²) in [4.78, 5) is 83.5. The molecule has 6 fully saturated rings. The lowest BCUT2D eigenvalue weighted by Gasteiger charge is -2.52. The fraction of sp³-hybridized carbons (Fsp3) is 0.759. The van der Waals surface area contributed by atoms with Crippen molar-refractivity contribution >= 4 is 114 Å². The van der Waals surface area contributed by atoms with Crippen LogP contribution in [0.2, 0.25) is 0 Å². The molecule has 0 bridgehead atoms. The van der Waals surface area contributed by atoms with Crippen molar-refractivity contribution in [1.29, 1.82) is 5.41 Å². The zero-order valence-corrected chi connectivity index (χ0v) is 87.3. The van der Waals surface area contributed by atoms with Crippen molar-refractivity contribution in [2.45, 2.75) is 236 Å². The highest BCUT2D eigenvalue weighted by atomic mass is 32.3. The van der Waals surface area contributed by atoms with Crippen molar-refractivity contribution in [2.75, 3.05) is 156 Å². The summed E-state index contributed by atoms with van der Waals surface area (Å²) in [5.74, 6) is -7.20. The van der Waals surface area contributed by atoms with Crippen molar-refractivity contribution in [3.8, 4) is 5.75 Å². The van der Waals surface area contributed by atoms with Gasteiger partial charge in [0, 0.05) is 101 Å². The molecular formula is C79H117N7O56S7-8. The van der Waals surface area contributed by atoms with Crippen LogP contribution >= 0.6 is 0 Å². The number of nitrogens with zero attached hydrogens (tertiary/aromatic N) is 1. The molecule has 7 N–H and O–H groups in total. The highest BCUT2D eigenvalue weighted by Gasteiger charge is 2.61. The number of sulfonamides is 1. The summed E-state index contributed by atoms with van der Waals surface area (Å²) in [6.45, 7) is 0.251. The maximum absolute atomic E-state index is 14.5. The van der Waals surface area contributed by atoms with Gasteiger partial charge < -0.3 is 178 Å². The normalized spacial score (nSPS) is 29.0. The van der Waals surface area contributed by atoms with Crippen molar-refractivity contribution in [3.63, 3.8) is 0 Å². The van der Waals surface area contributed by atoms with Crippen LogP contribution in [0.1, 0.15) is 66.3 Å². The molecule has 6 heterocycles. The van der Waals surface area contributed by atoms with Crippen molar-refractivity contribution in [3.05, 3.63) is 58.1 Å². The number of methoxy groups -OCH3 is 9. The number of carbonyl (C=O) groups excluding carboxylic acids is 6. The van der Waals surface area contributed by atoms with E-state index in [1.165, 1.54) is 20.1 Å². The Morgan fingerprint density at radius 1 is 0.443 bits per heavy atom. The number of carboxylic acids is 2. The number of nitrogens with two attached hydrogens (primary N) is 1. The first-order chi connectivity index (χ1) is 69.9. The van der Waals surface area contributed by atoms with Gasteiger partial charge in [0.1, 0.15) is 134 Å². The Kier molecular flexibility index (Phi) is 49.0. The molecule has 2 aromatic carbocycles. The predicted molar refractivity (Wildman–Crippen MR) is 473 cm³/mol. The van der Waals surface area contributed by atoms with Crippen molar-refractivity contribution < 1.29 is 255 Å². The third-order valence-corrected chi connectivity index (χ3v) is 28.0. The topological polar surface area (TPSA) is 886 Å². The molecule has 854 valence electrons. The molecule has 0 saturated carbocycles. The second-order valence-corrected chi connectivity index (χ2v) is 41.1. The van der Waals surface area contributed by atoms with E-state index in [4.69, 9.17) is 115 Å². The van der Waals surface area contributed by atoms with E-state index in [0.717, 1.165) is 63.3 Å². The SMILES string of the molecule is COc1cc(C)c(S(=O)(=O)N[C@@H](CC(=O)NCCCC(=O)NCCOCCOCCOCCO[C@H]2[C@H](OC)[C@@H](OC)[C@@H](O[C@H]3[C@H](OC)[C@@H](OC)[C@H](O[C@H]4[C@H](OS(=O)(=O)[O-])[C@@H](OS(=O)(=O)[O-])[C@@H](O[C@H]5[C@H](OC)[C@@H](OC)[C@H](O[C@H]6[C@H](OC)[C@@H](OS(=O)(=O)[O-])[C@@H](OC)O[C@@H]6COS(=O)(=O)[O-])O[C@H]5C(=O)[O-])O[C@@H]4COS(=O)(=O)[O-])O[C@@H]3C(=O)[O-])O[C@@H]2COS(=O)(=O)[O-])C(=O)N[C@H](Cc2ccc(C(=N)N)cc2)C(=O)N2CCCCC2)c(C)c1C. The molecule has 2 aromatic rings. The van der Waals surface area contributed by atoms with Crippen LogP contribution in [0.5, 0.6) is 5.75 Å². The van der Waals surface area contributed by atoms with E-state index in [-0.39, 0.29) is 88.3 Å². The number of piperidine rings is 1. The fourth-order valence-corrected chi connectivity index (χ4v) is 21.0. The van der Waals surface area contributed by atoms with Crippen LogP contribution in [0, 0.1) is 26.2 Å². The van der Waals surface area contributed by atoms with Gasteiger partial charge in [0.15, 0.2) is 43.7 Å². The molecule has 8 rings (SSSR count). The van der Waals surface area contributed by atoms with Crippen molar-refractivity contribution in [2.24, 2.45) is 5.73 Å². The van der Waals surface area contributed by atoms with E-state index < -0.39 is 306 Å². The van der Waals surface area contributed by atoms with Crippen LogP contribution in [0.4, 0.5) is 0 Å². The molecule has 27 atom stereocenters. The van der Waals surface area contributed by atoms with E-state index in [2.05, 4.69) is 45.8 Å². The van der Waals surface area contributed by atoms with Gasteiger partial charge >= 0.3 is 0 Å². The maximum atomic E-state index is 14.5. The number of amides is 4. The molecule has 0 aliphatic carbocycles. The number of rotatable bonds is 62. The zero-order valence-electron chi connectivity index (χ0n) is 81.6. The van der Waals surface area contributed by atoms with Gasteiger partial charge in [-0.05, 0) is 74.8 Å². The van der Waals surface area contributed by atoms with Crippen LogP contribution in [-0.2, 0) is 232 Å². The highest BCUT2D eigenvalue weighted by molar-refractivity contribution is 7.89. The van der Waals surface area contributed by atoms with Gasteiger partial charge in [-0.15, -0.1) is 0 Å². The van der Waals surface area contributed by atoms with Crippen LogP contribution in [-0.4, -0.2) is 454 Å². The van der Waals surface area contributed by atoms with Crippen LogP contribution in [0.25, 0.3) is 0 Å². The third-order valence-electron chi connectivity index (χ3n) is 23.6. The molecule has 4 amide bonds. The van der Waals surface area contributed by atoms with E-state index in [1.54, 1.807) is 43.0 Å². The number of benzene rings is 2. The molecule has 0 unspecified atom stereocenters. The Bertz CT molecular complexity index is 5590. The summed E-state index contributed by atoms with van der Waals surface area (Å²) in [6, 6.07) is 4.98. The summed E-state index contributed by atoms with van der Waals surface area (Å²) >= 11 is 0. The summed E-state index contributed by atoms with van der Waals surface area (Å²) in [5.41, 5.74) is 7.76. The highest BCUT2D eigenvalue weighted by Crippen LogP contribution is 2.42. The number of hydrogen-bond donors (Lipinski definition) is 6. The fourth-order valence-electron chi connectivity index (χ4n) is 16.9. The summed E-state index contributed by atoms with van der Waals surface area (Å²) < 4.78 is 404. The van der Waals surface area contributed by atoms with Gasteiger partial charge in [0.2, 0.25) is 96.0 Å². The van der Waals surface area contributed by atoms with Gasteiger partial charge in [-0.25, -0.2) is 58.9 Å². The van der Waals surface area contributed by atoms with Gasteiger partial charge in [-0.3, -0.25) is 49.7 Å². The van der Waals surface area contributed by atoms with Crippen LogP contribution in [0.15, 0.2) is 35.2 Å². The number of carboxylic acid groups (broad SMARTS) is 2. The molecule has 70 heteroatoms. The first-order valence-electron chi connectivity index (χ1n) is 44.7. The average molecular weight is 2290 g/mol. The first-order valence-corrected chi connectivity index (χ1v) is 54.2. The Balaban J connectivity index is 0.876. The Morgan fingerprint density at radius 3 is 1.28 bits per heavy atom. The lowest BCUT2D eigenvalue weighted by atomic mass is 9.94. The Hall–Kier alpha value is -7.18. The minimum atomic E-state index is -6.53. The number of nitrogens with one attached hydrogen (secondary N) is 5. The predicted octanol–water partition coefficient (Wildman–Crippen LogP) is -10.5. The lowest BCUT2D eigenvalue weighted by molar-refractivity contribution is -0.401. The third kappa shape index (κ3) is 37.8. The largest absolute Gasteiger partial charge is 0.726 e. The standard InChI is InChI=1S/C79H125N7O56S7/c1-39-33-46(115-4)40(2)41(3)69(39)143(95,96)85-44(71(89)84-45(72(90)86-24-14-13-15-25-86)34-42-18-20-43(21-19-42)70(80)81)35-51(88)82-22-16-17-50(87)83-23-26-124-27-28-125-29-30-126-31-32-127-52-47(36-128-144(97,98)99)132-76(64(120-9)55(52)116-5)136-59-57(118-7)66(122-11)78(139-62(59)73(91)92)135-54-49(38-130-146(103,104)105)133-79(68(142-149(112,113)114)61(54)140-147(106,107)108)137-60-58(119-8)65(121-10)77(138-63(60)74(93)94)134-53-48(37-129-145(100,101)102)131-75(123-12)67(56(53)117-6)141-148(109,110)111/h18-21,33,44-45,47-49,52-68,75-79,85H,13-17,22-32,34-38H2,1-12H3,(H3,80,81)(H,82,88)(H,83,87)(H,84,89)(H,91,92)(H,93,94)(H,97,98,99)(H,100,101,102)(H,103,104,105)(H,106,107,108)(H,109,110,111)(H,112,113,114)/p-8/t44-,45+,47+,48+,49+,52+,53+,54+,55-,56-,57-,58-,59-,60-,61-,62-,63+,64+,65+,66+,67+,68+,75-,76+,77+,78+,79+/m0/s1. The molecule has 6 aliphatic heterocycles. The van der Waals surface area contributed by atoms with E-state index >= 15 is 0 Å². The number of amidine groups is 1. The second-order valence-electron chi connectivity index (χ2n) is 33.2. The zero-order chi connectivity index (χ0) is 111. The molecule has 6 aliphatic rings. The maximum Gasteiger partial charge on any atom is 0.245 e. The minimum Gasteiger partial charge on any atom is -0.726 e. The second kappa shape index (κ2) is 57.5. The summed E-state index contributed by atoms with van der Waals surface area (Å²) in [6.07, 6.45) is -57.6. The first kappa shape index (κ1) is 127. The number of aliphatic carboxylic acids is 2. The molecule has 63 nitrogen and oxygen atoms in total. The van der Waals surface area contributed by atoms with E-state index in [9.17, 15) is 125 Å².